The van der Waals surface area contributed by atoms with E-state index in [1.54, 1.807) is 47.0 Å². The second-order valence-electron chi connectivity index (χ2n) is 10.2. The molecule has 2 aliphatic heterocycles. The van der Waals surface area contributed by atoms with E-state index in [4.69, 9.17) is 7.80 Å². The van der Waals surface area contributed by atoms with Crippen LogP contribution < -0.4 is 5.32 Å². The molecule has 196 valence electrons. The highest BCUT2D eigenvalue weighted by Crippen LogP contribution is 2.34. The maximum absolute atomic E-state index is 12.6. The van der Waals surface area contributed by atoms with E-state index in [1.165, 1.54) is 17.7 Å². The number of halogens is 1. The number of allylic oxidation sites excluding steroid dienone is 4. The van der Waals surface area contributed by atoms with E-state index >= 15 is 0 Å². The molecule has 0 aliphatic carbocycles. The maximum Gasteiger partial charge on any atom is 0.414 e. The Morgan fingerprint density at radius 2 is 2.11 bits per heavy atom. The van der Waals surface area contributed by atoms with Crippen molar-refractivity contribution < 1.29 is 17.4 Å². The van der Waals surface area contributed by atoms with Gasteiger partial charge in [-0.15, -0.1) is 0 Å². The van der Waals surface area contributed by atoms with Gasteiger partial charge in [0.2, 0.25) is 0 Å². The molecule has 1 saturated heterocycles. The molecule has 1 N–H and O–H groups in total. The van der Waals surface area contributed by atoms with Crippen LogP contribution in [0.15, 0.2) is 47.2 Å². The summed E-state index contributed by atoms with van der Waals surface area (Å²) in [7, 11) is 0. The molecule has 0 saturated carbocycles. The highest BCUT2D eigenvalue weighted by atomic mass is 127. The van der Waals surface area contributed by atoms with Crippen LogP contribution in [0.25, 0.3) is 0 Å². The first kappa shape index (κ1) is 30.0. The van der Waals surface area contributed by atoms with Crippen LogP contribution in [0, 0.1) is 11.3 Å². The highest BCUT2D eigenvalue weighted by molar-refractivity contribution is 14.1. The molecule has 0 aromatic rings. The largest absolute Gasteiger partial charge is 0.441 e. The number of nitrogens with one attached hydrogen (secondary N) is 1. The zero-order valence-corrected chi connectivity index (χ0v) is 25.0. The van der Waals surface area contributed by atoms with Crippen molar-refractivity contribution in [3.8, 4) is 0 Å². The number of rotatable bonds is 9. The molecule has 0 aromatic carbocycles. The van der Waals surface area contributed by atoms with Crippen LogP contribution in [-0.4, -0.2) is 53.7 Å². The fourth-order valence-corrected chi connectivity index (χ4v) is 5.45. The van der Waals surface area contributed by atoms with Crippen LogP contribution >= 0.6 is 34.8 Å². The van der Waals surface area contributed by atoms with Gasteiger partial charge in [-0.25, -0.2) is 9.59 Å². The van der Waals surface area contributed by atoms with Crippen molar-refractivity contribution in [2.75, 3.05) is 31.1 Å². The predicted molar refractivity (Wildman–Crippen MR) is 153 cm³/mol. The van der Waals surface area contributed by atoms with Crippen molar-refractivity contribution in [1.29, 1.82) is 0 Å². The van der Waals surface area contributed by atoms with Crippen molar-refractivity contribution in [3.05, 3.63) is 47.2 Å². The monoisotopic (exact) mass is 616 g/mol. The standard InChI is InChI=1S/C27H41IN2O4S/c1-7-27(19-30(25(32)33-27)22(4)11-10-20(2)24(31)34-28)12-14-29-18-23-9-8-15-35-16-13-26(5,6)21(3)17-23/h8-11,17,21,29H,7,12-16,18-19H2,1-6H3/b9-8-,20-10+,22-11+,23-17+. The number of ether oxygens (including phenoxy) is 1. The molecule has 0 spiro atoms. The number of cyclic esters (lactones) is 1. The molecule has 8 heteroatoms. The maximum atomic E-state index is 12.6. The summed E-state index contributed by atoms with van der Waals surface area (Å²) in [5.41, 5.74) is 2.29. The van der Waals surface area contributed by atoms with Gasteiger partial charge < -0.3 is 13.1 Å². The lowest BCUT2D eigenvalue weighted by atomic mass is 9.77. The number of carbonyl (C=O) groups excluding carboxylic acids is 2. The Morgan fingerprint density at radius 3 is 2.80 bits per heavy atom. The van der Waals surface area contributed by atoms with Crippen molar-refractivity contribution >= 4 is 46.8 Å². The highest BCUT2D eigenvalue weighted by Gasteiger charge is 2.43. The number of nitrogens with zero attached hydrogens (tertiary/aromatic N) is 1. The minimum absolute atomic E-state index is 0.285. The van der Waals surface area contributed by atoms with E-state index in [1.807, 2.05) is 18.7 Å². The van der Waals surface area contributed by atoms with Gasteiger partial charge in [-0.1, -0.05) is 52.0 Å². The minimum atomic E-state index is -0.522. The topological polar surface area (TPSA) is 67.9 Å². The van der Waals surface area contributed by atoms with E-state index in [2.05, 4.69) is 51.2 Å². The second kappa shape index (κ2) is 13.9. The molecule has 35 heavy (non-hydrogen) atoms. The molecule has 2 aliphatic rings. The van der Waals surface area contributed by atoms with Crippen LogP contribution in [0.5, 0.6) is 0 Å². The number of hydrogen-bond acceptors (Lipinski definition) is 6. The Hall–Kier alpha value is -1.26. The van der Waals surface area contributed by atoms with E-state index in [0.29, 0.717) is 18.0 Å². The molecule has 2 rings (SSSR count). The third-order valence-electron chi connectivity index (χ3n) is 7.23. The van der Waals surface area contributed by atoms with E-state index in [0.717, 1.165) is 37.4 Å². The van der Waals surface area contributed by atoms with Crippen LogP contribution in [0.3, 0.4) is 0 Å². The van der Waals surface area contributed by atoms with Crippen molar-refractivity contribution in [3.63, 3.8) is 0 Å². The molecule has 0 radical (unpaired) electrons. The molecule has 2 unspecified atom stereocenters. The van der Waals surface area contributed by atoms with Crippen molar-refractivity contribution in [1.82, 2.24) is 10.2 Å². The third-order valence-corrected chi connectivity index (χ3v) is 8.55. The van der Waals surface area contributed by atoms with Gasteiger partial charge in [-0.05, 0) is 62.0 Å². The van der Waals surface area contributed by atoms with Crippen molar-refractivity contribution in [2.45, 2.75) is 66.4 Å². The minimum Gasteiger partial charge on any atom is -0.441 e. The fraction of sp³-hybridized carbons (Fsp3) is 0.630. The van der Waals surface area contributed by atoms with E-state index in [9.17, 15) is 9.59 Å². The van der Waals surface area contributed by atoms with Gasteiger partial charge in [0, 0.05) is 30.0 Å². The van der Waals surface area contributed by atoms with Gasteiger partial charge in [0.15, 0.2) is 23.0 Å². The number of carbonyl (C=O) groups is 2. The smallest absolute Gasteiger partial charge is 0.414 e. The molecule has 1 fully saturated rings. The zero-order valence-electron chi connectivity index (χ0n) is 22.0. The average molecular weight is 617 g/mol. The lowest BCUT2D eigenvalue weighted by Crippen LogP contribution is -2.37. The van der Waals surface area contributed by atoms with Crippen LogP contribution in [0.4, 0.5) is 4.79 Å². The summed E-state index contributed by atoms with van der Waals surface area (Å²) in [5.74, 6) is 2.35. The lowest BCUT2D eigenvalue weighted by Gasteiger charge is -2.31. The predicted octanol–water partition coefficient (Wildman–Crippen LogP) is 6.59. The third kappa shape index (κ3) is 8.97. The van der Waals surface area contributed by atoms with Gasteiger partial charge in [0.25, 0.3) is 0 Å². The first-order valence-corrected chi connectivity index (χ1v) is 14.4. The Morgan fingerprint density at radius 1 is 1.37 bits per heavy atom. The van der Waals surface area contributed by atoms with Gasteiger partial charge >= 0.3 is 12.1 Å². The van der Waals surface area contributed by atoms with Gasteiger partial charge in [0.1, 0.15) is 5.60 Å². The fourth-order valence-electron chi connectivity index (χ4n) is 4.03. The lowest BCUT2D eigenvalue weighted by molar-refractivity contribution is -0.127. The number of hydrogen-bond donors (Lipinski definition) is 1. The summed E-state index contributed by atoms with van der Waals surface area (Å²) in [6, 6.07) is 0. The molecule has 6 nitrogen and oxygen atoms in total. The summed E-state index contributed by atoms with van der Waals surface area (Å²) in [6.45, 7) is 14.7. The first-order valence-electron chi connectivity index (χ1n) is 12.4. The Bertz CT molecular complexity index is 880. The molecular formula is C27H41IN2O4S. The van der Waals surface area contributed by atoms with E-state index < -0.39 is 11.6 Å². The van der Waals surface area contributed by atoms with Crippen LogP contribution in [0.2, 0.25) is 0 Å². The molecule has 2 atom stereocenters. The Kier molecular flexibility index (Phi) is 11.9. The van der Waals surface area contributed by atoms with Crippen molar-refractivity contribution in [2.24, 2.45) is 11.3 Å². The zero-order chi connectivity index (χ0) is 26.1. The van der Waals surface area contributed by atoms with Crippen LogP contribution in [0.1, 0.15) is 60.8 Å². The summed E-state index contributed by atoms with van der Waals surface area (Å²) < 4.78 is 10.6. The summed E-state index contributed by atoms with van der Waals surface area (Å²) in [5, 5.41) is 3.58. The number of thioether (sulfide) groups is 1. The summed E-state index contributed by atoms with van der Waals surface area (Å²) in [6.07, 6.45) is 12.7. The molecule has 2 heterocycles. The average Bonchev–Trinajstić information content (AvgIpc) is 3.17. The first-order chi connectivity index (χ1) is 16.5. The normalized spacial score (nSPS) is 28.2. The SMILES string of the molecule is CCC1(CCNCC2=C/C(C)C(C)(C)CCSC/C=C\2)CN(/C(C)=C/C=C(\C)C(=O)OI)C(=O)O1. The van der Waals surface area contributed by atoms with Gasteiger partial charge in [-0.2, -0.15) is 11.8 Å². The van der Waals surface area contributed by atoms with Gasteiger partial charge in [0.05, 0.1) is 6.54 Å². The Labute approximate surface area is 229 Å². The Balaban J connectivity index is 1.98. The summed E-state index contributed by atoms with van der Waals surface area (Å²) in [4.78, 5) is 25.9. The molecular weight excluding hydrogens is 575 g/mol. The van der Waals surface area contributed by atoms with Crippen LogP contribution in [-0.2, 0) is 12.6 Å². The summed E-state index contributed by atoms with van der Waals surface area (Å²) >= 11 is 3.56. The molecule has 1 amide bonds. The molecule has 0 aromatic heterocycles. The second-order valence-corrected chi connectivity index (χ2v) is 11.8. The quantitative estimate of drug-likeness (QED) is 0.137. The van der Waals surface area contributed by atoms with E-state index in [-0.39, 0.29) is 11.5 Å². The molecule has 0 bridgehead atoms. The number of amides is 1. The van der Waals surface area contributed by atoms with Gasteiger partial charge in [-0.3, -0.25) is 4.90 Å².